The van der Waals surface area contributed by atoms with Gasteiger partial charge in [-0.1, -0.05) is 62.4 Å². The van der Waals surface area contributed by atoms with Crippen LogP contribution >= 0.6 is 0 Å². The Labute approximate surface area is 190 Å². The molecule has 0 saturated carbocycles. The van der Waals surface area contributed by atoms with Crippen molar-refractivity contribution in [2.24, 2.45) is 0 Å². The van der Waals surface area contributed by atoms with Crippen LogP contribution in [0.2, 0.25) is 0 Å². The molecule has 3 rings (SSSR count). The minimum atomic E-state index is -3.71. The minimum absolute atomic E-state index is 0.166. The second-order valence-corrected chi connectivity index (χ2v) is 9.14. The van der Waals surface area contributed by atoms with Crippen LogP contribution in [0.15, 0.2) is 83.8 Å². The maximum absolute atomic E-state index is 12.6. The Bertz CT molecular complexity index is 1130. The summed E-state index contributed by atoms with van der Waals surface area (Å²) in [5.41, 5.74) is 2.96. The molecule has 0 saturated heterocycles. The average molecular weight is 452 g/mol. The zero-order valence-electron chi connectivity index (χ0n) is 18.4. The summed E-state index contributed by atoms with van der Waals surface area (Å²) in [5.74, 6) is -0.266. The maximum atomic E-state index is 12.6. The van der Waals surface area contributed by atoms with Crippen LogP contribution in [0.4, 0.5) is 5.69 Å². The predicted molar refractivity (Wildman–Crippen MR) is 128 cm³/mol. The number of sulfonamides is 1. The van der Waals surface area contributed by atoms with E-state index < -0.39 is 10.0 Å². The molecule has 32 heavy (non-hydrogen) atoms. The minimum Gasteiger partial charge on any atom is -0.348 e. The van der Waals surface area contributed by atoms with Crippen LogP contribution in [0.5, 0.6) is 0 Å². The van der Waals surface area contributed by atoms with Gasteiger partial charge in [-0.3, -0.25) is 14.4 Å². The zero-order chi connectivity index (χ0) is 23.0. The summed E-state index contributed by atoms with van der Waals surface area (Å²) in [7, 11) is -3.71. The van der Waals surface area contributed by atoms with Crippen molar-refractivity contribution in [3.8, 4) is 0 Å². The van der Waals surface area contributed by atoms with Crippen molar-refractivity contribution < 1.29 is 13.2 Å². The van der Waals surface area contributed by atoms with E-state index in [0.717, 1.165) is 25.2 Å². The lowest BCUT2D eigenvalue weighted by atomic mass is 10.1. The summed E-state index contributed by atoms with van der Waals surface area (Å²) >= 11 is 0. The molecule has 0 unspecified atom stereocenters. The largest absolute Gasteiger partial charge is 0.348 e. The molecule has 3 aromatic rings. The Balaban J connectivity index is 1.60. The van der Waals surface area contributed by atoms with E-state index in [0.29, 0.717) is 17.8 Å². The summed E-state index contributed by atoms with van der Waals surface area (Å²) in [6.07, 6.45) is 0. The Morgan fingerprint density at radius 2 is 1.50 bits per heavy atom. The van der Waals surface area contributed by atoms with Crippen molar-refractivity contribution in [3.05, 3.63) is 95.6 Å². The molecule has 0 aromatic heterocycles. The van der Waals surface area contributed by atoms with Crippen LogP contribution in [0.1, 0.15) is 35.3 Å². The van der Waals surface area contributed by atoms with E-state index in [1.54, 1.807) is 36.4 Å². The molecule has 0 atom stereocenters. The van der Waals surface area contributed by atoms with Crippen molar-refractivity contribution in [3.63, 3.8) is 0 Å². The van der Waals surface area contributed by atoms with Gasteiger partial charge in [-0.25, -0.2) is 8.42 Å². The molecular weight excluding hydrogens is 422 g/mol. The first kappa shape index (κ1) is 23.5. The number of hydrogen-bond donors (Lipinski definition) is 2. The summed E-state index contributed by atoms with van der Waals surface area (Å²) < 4.78 is 27.5. The molecule has 0 radical (unpaired) electrons. The maximum Gasteiger partial charge on any atom is 0.261 e. The third kappa shape index (κ3) is 6.42. The first-order valence-electron chi connectivity index (χ1n) is 10.7. The number of amides is 1. The van der Waals surface area contributed by atoms with E-state index in [-0.39, 0.29) is 10.8 Å². The number of nitrogens with zero attached hydrogens (tertiary/aromatic N) is 1. The van der Waals surface area contributed by atoms with Gasteiger partial charge in [-0.15, -0.1) is 0 Å². The molecule has 0 fully saturated rings. The summed E-state index contributed by atoms with van der Waals surface area (Å²) in [5, 5.41) is 2.89. The fourth-order valence-corrected chi connectivity index (χ4v) is 4.36. The lowest BCUT2D eigenvalue weighted by Crippen LogP contribution is -2.23. The van der Waals surface area contributed by atoms with Crippen molar-refractivity contribution in [1.82, 2.24) is 10.2 Å². The molecule has 0 spiro atoms. The molecule has 0 heterocycles. The summed E-state index contributed by atoms with van der Waals surface area (Å²) in [4.78, 5) is 15.1. The molecule has 168 valence electrons. The Kier molecular flexibility index (Phi) is 8.03. The van der Waals surface area contributed by atoms with Crippen LogP contribution in [0.25, 0.3) is 0 Å². The van der Waals surface area contributed by atoms with Crippen LogP contribution in [-0.4, -0.2) is 32.3 Å². The molecule has 3 aromatic carbocycles. The van der Waals surface area contributed by atoms with Gasteiger partial charge in [0, 0.05) is 24.3 Å². The predicted octanol–water partition coefficient (Wildman–Crippen LogP) is 4.26. The van der Waals surface area contributed by atoms with Gasteiger partial charge in [0.1, 0.15) is 0 Å². The highest BCUT2D eigenvalue weighted by Gasteiger charge is 2.14. The lowest BCUT2D eigenvalue weighted by Gasteiger charge is -2.18. The molecule has 7 heteroatoms. The van der Waals surface area contributed by atoms with E-state index in [1.165, 1.54) is 23.8 Å². The third-order valence-electron chi connectivity index (χ3n) is 5.21. The standard InChI is InChI=1S/C25H29N3O3S/c1-3-28(4-2)19-21-15-13-20(14-16-21)18-26-25(29)22-9-8-10-23(17-22)27-32(30,31)24-11-6-5-7-12-24/h5-17,27H,3-4,18-19H2,1-2H3,(H,26,29). The molecule has 0 bridgehead atoms. The highest BCUT2D eigenvalue weighted by molar-refractivity contribution is 7.92. The van der Waals surface area contributed by atoms with Gasteiger partial charge < -0.3 is 5.32 Å². The van der Waals surface area contributed by atoms with Crippen LogP contribution < -0.4 is 10.0 Å². The highest BCUT2D eigenvalue weighted by Crippen LogP contribution is 2.17. The number of carbonyl (C=O) groups excluding carboxylic acids is 1. The molecule has 0 aliphatic heterocycles. The number of nitrogens with one attached hydrogen (secondary N) is 2. The van der Waals surface area contributed by atoms with E-state index >= 15 is 0 Å². The highest BCUT2D eigenvalue weighted by atomic mass is 32.2. The van der Waals surface area contributed by atoms with Gasteiger partial charge in [0.05, 0.1) is 4.90 Å². The molecule has 2 N–H and O–H groups in total. The van der Waals surface area contributed by atoms with Gasteiger partial charge >= 0.3 is 0 Å². The Hall–Kier alpha value is -3.16. The quantitative estimate of drug-likeness (QED) is 0.483. The number of carbonyl (C=O) groups is 1. The van der Waals surface area contributed by atoms with E-state index in [9.17, 15) is 13.2 Å². The Morgan fingerprint density at radius 3 is 2.16 bits per heavy atom. The fourth-order valence-electron chi connectivity index (χ4n) is 3.29. The van der Waals surface area contributed by atoms with E-state index in [2.05, 4.69) is 40.9 Å². The summed E-state index contributed by atoms with van der Waals surface area (Å²) in [6, 6.07) is 22.8. The van der Waals surface area contributed by atoms with Crippen LogP contribution in [-0.2, 0) is 23.1 Å². The monoisotopic (exact) mass is 451 g/mol. The van der Waals surface area contributed by atoms with Gasteiger partial charge in [0.2, 0.25) is 0 Å². The lowest BCUT2D eigenvalue weighted by molar-refractivity contribution is 0.0951. The van der Waals surface area contributed by atoms with Crippen molar-refractivity contribution in [1.29, 1.82) is 0 Å². The molecule has 0 aliphatic carbocycles. The van der Waals surface area contributed by atoms with E-state index in [4.69, 9.17) is 0 Å². The molecule has 0 aliphatic rings. The zero-order valence-corrected chi connectivity index (χ0v) is 19.2. The molecular formula is C25H29N3O3S. The second kappa shape index (κ2) is 10.9. The Morgan fingerprint density at radius 1 is 0.844 bits per heavy atom. The molecule has 1 amide bonds. The molecule has 6 nitrogen and oxygen atoms in total. The first-order valence-corrected chi connectivity index (χ1v) is 12.2. The first-order chi connectivity index (χ1) is 15.4. The SMILES string of the molecule is CCN(CC)Cc1ccc(CNC(=O)c2cccc(NS(=O)(=O)c3ccccc3)c2)cc1. The average Bonchev–Trinajstić information content (AvgIpc) is 2.82. The van der Waals surface area contributed by atoms with E-state index in [1.807, 2.05) is 12.1 Å². The van der Waals surface area contributed by atoms with Crippen LogP contribution in [0.3, 0.4) is 0 Å². The van der Waals surface area contributed by atoms with Crippen molar-refractivity contribution in [2.75, 3.05) is 17.8 Å². The van der Waals surface area contributed by atoms with Crippen molar-refractivity contribution >= 4 is 21.6 Å². The van der Waals surface area contributed by atoms with Gasteiger partial charge in [-0.05, 0) is 54.5 Å². The van der Waals surface area contributed by atoms with Gasteiger partial charge in [0.25, 0.3) is 15.9 Å². The van der Waals surface area contributed by atoms with Gasteiger partial charge in [-0.2, -0.15) is 0 Å². The third-order valence-corrected chi connectivity index (χ3v) is 6.60. The fraction of sp³-hybridized carbons (Fsp3) is 0.240. The topological polar surface area (TPSA) is 78.5 Å². The number of benzene rings is 3. The smallest absolute Gasteiger partial charge is 0.261 e. The van der Waals surface area contributed by atoms with Crippen LogP contribution in [0, 0.1) is 0 Å². The number of rotatable bonds is 10. The summed E-state index contributed by atoms with van der Waals surface area (Å²) in [6.45, 7) is 7.61. The van der Waals surface area contributed by atoms with Crippen molar-refractivity contribution in [2.45, 2.75) is 31.8 Å². The second-order valence-electron chi connectivity index (χ2n) is 7.46. The number of anilines is 1. The van der Waals surface area contributed by atoms with Gasteiger partial charge in [0.15, 0.2) is 0 Å². The normalized spacial score (nSPS) is 11.3. The number of hydrogen-bond acceptors (Lipinski definition) is 4.